The molecule has 0 radical (unpaired) electrons. The van der Waals surface area contributed by atoms with Crippen molar-refractivity contribution < 1.29 is 5.11 Å². The largest absolute Gasteiger partial charge is 0.392 e. The predicted molar refractivity (Wildman–Crippen MR) is 69.7 cm³/mol. The predicted octanol–water partition coefficient (Wildman–Crippen LogP) is 1.70. The van der Waals surface area contributed by atoms with Crippen LogP contribution in [0.2, 0.25) is 0 Å². The summed E-state index contributed by atoms with van der Waals surface area (Å²) >= 11 is 0. The molecule has 0 amide bonds. The molecule has 3 rings (SSSR count). The van der Waals surface area contributed by atoms with E-state index in [1.54, 1.807) is 18.3 Å². The summed E-state index contributed by atoms with van der Waals surface area (Å²) < 4.78 is 0. The monoisotopic (exact) mass is 240 g/mol. The van der Waals surface area contributed by atoms with Crippen LogP contribution in [0.4, 0.5) is 5.82 Å². The maximum Gasteiger partial charge on any atom is 0.140 e. The Hall–Kier alpha value is -2.40. The van der Waals surface area contributed by atoms with Crippen molar-refractivity contribution in [2.24, 2.45) is 0 Å². The van der Waals surface area contributed by atoms with E-state index in [2.05, 4.69) is 15.0 Å². The van der Waals surface area contributed by atoms with Gasteiger partial charge >= 0.3 is 0 Å². The lowest BCUT2D eigenvalue weighted by atomic mass is 10.1. The van der Waals surface area contributed by atoms with Crippen molar-refractivity contribution in [1.82, 2.24) is 15.0 Å². The molecule has 0 aromatic carbocycles. The Balaban J connectivity index is 2.26. The molecule has 0 unspecified atom stereocenters. The molecule has 4 N–H and O–H groups in total. The van der Waals surface area contributed by atoms with Crippen LogP contribution in [0.25, 0.3) is 22.3 Å². The average molecular weight is 240 g/mol. The minimum Gasteiger partial charge on any atom is -0.392 e. The van der Waals surface area contributed by atoms with Gasteiger partial charge in [-0.15, -0.1) is 0 Å². The first kappa shape index (κ1) is 10.7. The first-order valence-electron chi connectivity index (χ1n) is 5.57. The number of nitrogens with two attached hydrogens (primary N) is 1. The Morgan fingerprint density at radius 3 is 3.00 bits per heavy atom. The smallest absolute Gasteiger partial charge is 0.140 e. The van der Waals surface area contributed by atoms with Gasteiger partial charge in [-0.2, -0.15) is 0 Å². The minimum absolute atomic E-state index is 0.00757. The Kier molecular flexibility index (Phi) is 2.46. The van der Waals surface area contributed by atoms with Crippen LogP contribution < -0.4 is 5.73 Å². The topological polar surface area (TPSA) is 87.8 Å². The number of hydrogen-bond acceptors (Lipinski definition) is 4. The number of aromatic nitrogens is 3. The molecule has 5 heteroatoms. The summed E-state index contributed by atoms with van der Waals surface area (Å²) in [5.74, 6) is 0.441. The highest BCUT2D eigenvalue weighted by molar-refractivity contribution is 5.93. The van der Waals surface area contributed by atoms with Crippen LogP contribution in [-0.4, -0.2) is 20.1 Å². The molecule has 0 atom stereocenters. The summed E-state index contributed by atoms with van der Waals surface area (Å²) in [6.45, 7) is -0.00757. The van der Waals surface area contributed by atoms with Crippen molar-refractivity contribution in [3.8, 4) is 11.3 Å². The van der Waals surface area contributed by atoms with Crippen molar-refractivity contribution in [2.75, 3.05) is 5.73 Å². The molecule has 3 aromatic heterocycles. The zero-order chi connectivity index (χ0) is 12.5. The number of aliphatic hydroxyl groups excluding tert-OH is 1. The average Bonchev–Trinajstić information content (AvgIpc) is 2.85. The Morgan fingerprint density at radius 2 is 2.17 bits per heavy atom. The lowest BCUT2D eigenvalue weighted by Gasteiger charge is -2.05. The fraction of sp³-hybridized carbons (Fsp3) is 0.0769. The van der Waals surface area contributed by atoms with Gasteiger partial charge in [0.1, 0.15) is 11.5 Å². The highest BCUT2D eigenvalue weighted by Crippen LogP contribution is 2.27. The van der Waals surface area contributed by atoms with Crippen molar-refractivity contribution in [3.05, 3.63) is 42.2 Å². The summed E-state index contributed by atoms with van der Waals surface area (Å²) in [4.78, 5) is 11.6. The fourth-order valence-corrected chi connectivity index (χ4v) is 1.99. The van der Waals surface area contributed by atoms with Gasteiger partial charge in [-0.05, 0) is 29.8 Å². The summed E-state index contributed by atoms with van der Waals surface area (Å²) in [6.07, 6.45) is 3.49. The second-order valence-electron chi connectivity index (χ2n) is 4.04. The number of aromatic amines is 1. The molecule has 0 saturated carbocycles. The van der Waals surface area contributed by atoms with Crippen molar-refractivity contribution in [1.29, 1.82) is 0 Å². The van der Waals surface area contributed by atoms with Gasteiger partial charge in [-0.3, -0.25) is 4.98 Å². The molecule has 90 valence electrons. The number of nitrogen functional groups attached to an aromatic ring is 1. The molecule has 3 aromatic rings. The van der Waals surface area contributed by atoms with E-state index in [1.165, 1.54) is 0 Å². The van der Waals surface area contributed by atoms with Gasteiger partial charge < -0.3 is 15.8 Å². The van der Waals surface area contributed by atoms with E-state index in [0.29, 0.717) is 5.82 Å². The van der Waals surface area contributed by atoms with E-state index in [9.17, 15) is 0 Å². The number of pyridine rings is 2. The normalized spacial score (nSPS) is 10.9. The van der Waals surface area contributed by atoms with Crippen LogP contribution in [0.5, 0.6) is 0 Å². The standard InChI is InChI=1S/C13H12N4O/c14-12-6-10(9-2-4-16-13(9)17-12)11-5-8(7-18)1-3-15-11/h1-6,18H,7H2,(H3,14,16,17). The number of nitrogens with zero attached hydrogens (tertiary/aromatic N) is 2. The molecule has 18 heavy (non-hydrogen) atoms. The minimum atomic E-state index is -0.00757. The van der Waals surface area contributed by atoms with E-state index in [0.717, 1.165) is 27.9 Å². The molecule has 0 aliphatic rings. The van der Waals surface area contributed by atoms with Crippen LogP contribution in [0.3, 0.4) is 0 Å². The third-order valence-electron chi connectivity index (χ3n) is 2.83. The second kappa shape index (κ2) is 4.12. The van der Waals surface area contributed by atoms with Gasteiger partial charge in [0, 0.05) is 23.3 Å². The number of rotatable bonds is 2. The number of hydrogen-bond donors (Lipinski definition) is 3. The molecule has 5 nitrogen and oxygen atoms in total. The highest BCUT2D eigenvalue weighted by Gasteiger charge is 2.09. The number of H-pyrrole nitrogens is 1. The molecular weight excluding hydrogens is 228 g/mol. The maximum atomic E-state index is 9.17. The molecule has 3 heterocycles. The second-order valence-corrected chi connectivity index (χ2v) is 4.04. The van der Waals surface area contributed by atoms with E-state index in [1.807, 2.05) is 18.3 Å². The Morgan fingerprint density at radius 1 is 1.28 bits per heavy atom. The number of fused-ring (bicyclic) bond motifs is 1. The molecule has 0 fully saturated rings. The zero-order valence-corrected chi connectivity index (χ0v) is 9.59. The summed E-state index contributed by atoms with van der Waals surface area (Å²) in [5.41, 5.74) is 9.03. The van der Waals surface area contributed by atoms with Crippen molar-refractivity contribution in [2.45, 2.75) is 6.61 Å². The third kappa shape index (κ3) is 1.70. The van der Waals surface area contributed by atoms with Gasteiger partial charge in [-0.1, -0.05) is 0 Å². The lowest BCUT2D eigenvalue weighted by Crippen LogP contribution is -1.94. The van der Waals surface area contributed by atoms with Crippen LogP contribution in [0, 0.1) is 0 Å². The van der Waals surface area contributed by atoms with Crippen molar-refractivity contribution >= 4 is 16.9 Å². The Bertz CT molecular complexity index is 705. The van der Waals surface area contributed by atoms with Crippen LogP contribution >= 0.6 is 0 Å². The fourth-order valence-electron chi connectivity index (χ4n) is 1.99. The van der Waals surface area contributed by atoms with Gasteiger partial charge in [0.25, 0.3) is 0 Å². The van der Waals surface area contributed by atoms with Crippen LogP contribution in [0.1, 0.15) is 5.56 Å². The number of anilines is 1. The number of nitrogens with one attached hydrogen (secondary N) is 1. The molecule has 0 aliphatic carbocycles. The van der Waals surface area contributed by atoms with Gasteiger partial charge in [0.05, 0.1) is 12.3 Å². The molecule has 0 bridgehead atoms. The van der Waals surface area contributed by atoms with Gasteiger partial charge in [0.15, 0.2) is 0 Å². The summed E-state index contributed by atoms with van der Waals surface area (Å²) in [5, 5.41) is 10.1. The van der Waals surface area contributed by atoms with Gasteiger partial charge in [-0.25, -0.2) is 4.98 Å². The molecule has 0 aliphatic heterocycles. The Labute approximate surface area is 103 Å². The van der Waals surface area contributed by atoms with Crippen LogP contribution in [-0.2, 0) is 6.61 Å². The molecule has 0 saturated heterocycles. The molecular formula is C13H12N4O. The van der Waals surface area contributed by atoms with E-state index in [4.69, 9.17) is 10.8 Å². The first-order valence-corrected chi connectivity index (χ1v) is 5.57. The summed E-state index contributed by atoms with van der Waals surface area (Å²) in [6, 6.07) is 7.35. The van der Waals surface area contributed by atoms with E-state index < -0.39 is 0 Å². The lowest BCUT2D eigenvalue weighted by molar-refractivity contribution is 0.282. The highest BCUT2D eigenvalue weighted by atomic mass is 16.3. The maximum absolute atomic E-state index is 9.17. The zero-order valence-electron chi connectivity index (χ0n) is 9.59. The number of aliphatic hydroxyl groups is 1. The SMILES string of the molecule is Nc1cc(-c2cc(CO)ccn2)c2cc[nH]c2n1. The first-order chi connectivity index (χ1) is 8.78. The quantitative estimate of drug-likeness (QED) is 0.636. The summed E-state index contributed by atoms with van der Waals surface area (Å²) in [7, 11) is 0. The van der Waals surface area contributed by atoms with E-state index >= 15 is 0 Å². The van der Waals surface area contributed by atoms with Crippen LogP contribution in [0.15, 0.2) is 36.7 Å². The molecule has 0 spiro atoms. The van der Waals surface area contributed by atoms with E-state index in [-0.39, 0.29) is 6.61 Å². The van der Waals surface area contributed by atoms with Gasteiger partial charge in [0.2, 0.25) is 0 Å². The third-order valence-corrected chi connectivity index (χ3v) is 2.83. The van der Waals surface area contributed by atoms with Crippen molar-refractivity contribution in [3.63, 3.8) is 0 Å².